The van der Waals surface area contributed by atoms with E-state index in [1.54, 1.807) is 41.9 Å². The third-order valence-electron chi connectivity index (χ3n) is 8.93. The zero-order valence-corrected chi connectivity index (χ0v) is 36.1. The molecule has 8 rings (SSSR count). The molecule has 5 aromatic carbocycles. The van der Waals surface area contributed by atoms with E-state index in [0.29, 0.717) is 27.9 Å². The Bertz CT molecular complexity index is 2810. The summed E-state index contributed by atoms with van der Waals surface area (Å²) >= 11 is 1.74. The van der Waals surface area contributed by atoms with E-state index in [1.807, 2.05) is 75.4 Å². The molecule has 0 fully saturated rings. The summed E-state index contributed by atoms with van der Waals surface area (Å²) in [6.45, 7) is 10.1. The number of aromatic nitrogens is 2. The van der Waals surface area contributed by atoms with Gasteiger partial charge in [0.2, 0.25) is 0 Å². The number of hydrogen-bond donors (Lipinski definition) is 0. The normalized spacial score (nSPS) is 14.2. The molecule has 3 aromatic heterocycles. The number of benzene rings is 5. The van der Waals surface area contributed by atoms with Gasteiger partial charge in [0.15, 0.2) is 0 Å². The molecule has 3 heterocycles. The fourth-order valence-corrected chi connectivity index (χ4v) is 9.01. The Hall–Kier alpha value is -4.51. The molecule has 8 aromatic rings. The van der Waals surface area contributed by atoms with E-state index in [4.69, 9.17) is 9.60 Å². The molecule has 0 N–H and O–H groups in total. The minimum absolute atomic E-state index is 0. The van der Waals surface area contributed by atoms with Crippen molar-refractivity contribution in [1.29, 1.82) is 0 Å². The predicted molar refractivity (Wildman–Crippen MR) is 235 cm³/mol. The average Bonchev–Trinajstić information content (AvgIpc) is 3.62. The van der Waals surface area contributed by atoms with Gasteiger partial charge in [-0.1, -0.05) is 143 Å². The van der Waals surface area contributed by atoms with Crippen LogP contribution in [0.15, 0.2) is 140 Å². The third kappa shape index (κ3) is 9.84. The Labute approximate surface area is 356 Å². The van der Waals surface area contributed by atoms with Crippen LogP contribution in [0.5, 0.6) is 0 Å². The van der Waals surface area contributed by atoms with E-state index in [2.05, 4.69) is 90.3 Å². The van der Waals surface area contributed by atoms with Gasteiger partial charge in [-0.3, -0.25) is 0 Å². The van der Waals surface area contributed by atoms with Gasteiger partial charge in [0.25, 0.3) is 0 Å². The Kier molecular flexibility index (Phi) is 9.84. The summed E-state index contributed by atoms with van der Waals surface area (Å²) in [5.41, 5.74) is 6.85. The van der Waals surface area contributed by atoms with Crippen molar-refractivity contribution in [2.45, 2.75) is 60.0 Å². The summed E-state index contributed by atoms with van der Waals surface area (Å²) < 4.78 is 59.9. The maximum absolute atomic E-state index is 8.79. The molecule has 55 heavy (non-hydrogen) atoms. The van der Waals surface area contributed by atoms with Crippen LogP contribution >= 0.6 is 11.3 Å². The minimum Gasteiger partial charge on any atom is -0.305 e. The Morgan fingerprint density at radius 2 is 1.51 bits per heavy atom. The van der Waals surface area contributed by atoms with Crippen LogP contribution in [-0.2, 0) is 32.9 Å². The van der Waals surface area contributed by atoms with Crippen molar-refractivity contribution in [2.24, 2.45) is 5.41 Å². The van der Waals surface area contributed by atoms with Gasteiger partial charge in [-0.05, 0) is 79.2 Å². The van der Waals surface area contributed by atoms with Crippen molar-refractivity contribution in [3.63, 3.8) is 0 Å². The van der Waals surface area contributed by atoms with Crippen LogP contribution in [0.2, 0.25) is 19.6 Å². The molecule has 279 valence electrons. The molecule has 0 unspecified atom stereocenters. The van der Waals surface area contributed by atoms with Crippen molar-refractivity contribution in [3.8, 4) is 33.6 Å². The molecule has 0 saturated carbocycles. The number of rotatable bonds is 7. The molecule has 0 atom stereocenters. The summed E-state index contributed by atoms with van der Waals surface area (Å²) in [5, 5.41) is 3.39. The van der Waals surface area contributed by atoms with Crippen molar-refractivity contribution in [3.05, 3.63) is 174 Å². The standard InChI is InChI=1S/C30H20NS.C20H28NSi.Ir/c1-3-8-21(9-4-1)18-22-16-17-31-28(19-22)27-13-7-12-26-25-15-14-24(20-29(25)32-30(26)27)23-10-5-2-6-11-23;1-15-8-10-16(11-9-15)18-12-17(13-20(2,3)4)19(14-21-18)22(5,6)7;/h1-12,14-17,19-20H,18H2;8-10,12,14H,13H2,1-7H3;/q2*-1;/i18D2;1D3,13D2;. The van der Waals surface area contributed by atoms with Gasteiger partial charge in [-0.15, -0.1) is 59.2 Å². The van der Waals surface area contributed by atoms with Crippen molar-refractivity contribution < 1.29 is 29.7 Å². The zero-order valence-electron chi connectivity index (χ0n) is 38.9. The van der Waals surface area contributed by atoms with Gasteiger partial charge in [0, 0.05) is 46.8 Å². The number of fused-ring (bicyclic) bond motifs is 3. The van der Waals surface area contributed by atoms with Gasteiger partial charge < -0.3 is 9.97 Å². The molecule has 0 spiro atoms. The fraction of sp³-hybridized carbons (Fsp3) is 0.200. The SMILES string of the molecule is [2H]C([2H])([2H])c1c[c-]c(-c2cc(C([2H])([2H])C(C)(C)C)c([Si](C)(C)C)cn2)cc1.[2H]C([2H])(c1ccccc1)c1ccnc(-c2[c-]ccc3c2sc2cc(-c4ccccc4)ccc23)c1.[Ir]. The molecule has 0 bridgehead atoms. The first kappa shape index (κ1) is 31.7. The van der Waals surface area contributed by atoms with E-state index in [-0.39, 0.29) is 25.7 Å². The van der Waals surface area contributed by atoms with Gasteiger partial charge in [-0.25, -0.2) is 0 Å². The van der Waals surface area contributed by atoms with Gasteiger partial charge in [0.05, 0.1) is 8.07 Å². The molecule has 0 aliphatic carbocycles. The van der Waals surface area contributed by atoms with Crippen LogP contribution in [0, 0.1) is 24.4 Å². The van der Waals surface area contributed by atoms with E-state index in [1.165, 1.54) is 32.7 Å². The number of nitrogens with zero attached hydrogens (tertiary/aromatic N) is 2. The Morgan fingerprint density at radius 3 is 2.20 bits per heavy atom. The molecule has 0 aliphatic heterocycles. The van der Waals surface area contributed by atoms with E-state index in [0.717, 1.165) is 21.1 Å². The molecule has 0 aliphatic rings. The van der Waals surface area contributed by atoms with Crippen molar-refractivity contribution in [2.75, 3.05) is 0 Å². The molecule has 0 amide bonds. The van der Waals surface area contributed by atoms with Crippen LogP contribution in [0.1, 0.15) is 52.6 Å². The Balaban J connectivity index is 0.000000210. The predicted octanol–water partition coefficient (Wildman–Crippen LogP) is 13.2. The fourth-order valence-electron chi connectivity index (χ4n) is 6.37. The molecule has 0 saturated heterocycles. The third-order valence-corrected chi connectivity index (χ3v) is 12.1. The monoisotopic (exact) mass is 936 g/mol. The van der Waals surface area contributed by atoms with Crippen LogP contribution in [0.4, 0.5) is 0 Å². The summed E-state index contributed by atoms with van der Waals surface area (Å²) in [6.07, 6.45) is 0.349. The molecule has 5 heteroatoms. The molecular formula is C50H48IrN2SSi-2. The summed E-state index contributed by atoms with van der Waals surface area (Å²) in [6, 6.07) is 46.9. The second kappa shape index (κ2) is 17.1. The van der Waals surface area contributed by atoms with Gasteiger partial charge in [-0.2, -0.15) is 11.3 Å². The smallest absolute Gasteiger partial charge is 0.0798 e. The molecular weight excluding hydrogens is 881 g/mol. The second-order valence-electron chi connectivity index (χ2n) is 15.4. The zero-order chi connectivity index (χ0) is 44.0. The molecule has 2 nitrogen and oxygen atoms in total. The summed E-state index contributed by atoms with van der Waals surface area (Å²) in [5.74, 6) is 0. The number of thiophene rings is 1. The average molecular weight is 936 g/mol. The summed E-state index contributed by atoms with van der Waals surface area (Å²) in [4.78, 5) is 9.17. The maximum Gasteiger partial charge on any atom is 0.0798 e. The van der Waals surface area contributed by atoms with Crippen LogP contribution in [0.3, 0.4) is 0 Å². The van der Waals surface area contributed by atoms with Crippen LogP contribution < -0.4 is 5.19 Å². The van der Waals surface area contributed by atoms with Crippen molar-refractivity contribution in [1.82, 2.24) is 9.97 Å². The number of pyridine rings is 2. The van der Waals surface area contributed by atoms with Crippen LogP contribution in [-0.4, -0.2) is 18.0 Å². The largest absolute Gasteiger partial charge is 0.305 e. The first-order valence-corrected chi connectivity index (χ1v) is 22.5. The summed E-state index contributed by atoms with van der Waals surface area (Å²) in [7, 11) is -1.81. The minimum atomic E-state index is -2.17. The second-order valence-corrected chi connectivity index (χ2v) is 21.5. The van der Waals surface area contributed by atoms with Gasteiger partial charge in [0.1, 0.15) is 0 Å². The Morgan fingerprint density at radius 1 is 0.745 bits per heavy atom. The van der Waals surface area contributed by atoms with E-state index >= 15 is 0 Å². The molecule has 1 radical (unpaired) electrons. The first-order valence-electron chi connectivity index (χ1n) is 21.6. The number of aryl methyl sites for hydroxylation is 1. The quantitative estimate of drug-likeness (QED) is 0.118. The van der Waals surface area contributed by atoms with E-state index < -0.39 is 33.1 Å². The van der Waals surface area contributed by atoms with Crippen LogP contribution in [0.25, 0.3) is 53.8 Å². The maximum atomic E-state index is 8.79. The number of hydrogen-bond acceptors (Lipinski definition) is 3. The van der Waals surface area contributed by atoms with E-state index in [9.17, 15) is 0 Å². The van der Waals surface area contributed by atoms with Gasteiger partial charge >= 0.3 is 0 Å². The topological polar surface area (TPSA) is 25.8 Å². The van der Waals surface area contributed by atoms with Crippen molar-refractivity contribution >= 4 is 44.8 Å². The first-order chi connectivity index (χ1) is 28.7.